The third-order valence-electron chi connectivity index (χ3n) is 2.16. The Morgan fingerprint density at radius 3 is 2.29 bits per heavy atom. The van der Waals surface area contributed by atoms with Crippen molar-refractivity contribution >= 4 is 17.9 Å². The molecule has 0 saturated carbocycles. The number of hydrogen-bond acceptors (Lipinski definition) is 5. The monoisotopic (exact) mass is 246 g/mol. The van der Waals surface area contributed by atoms with E-state index < -0.39 is 18.0 Å². The van der Waals surface area contributed by atoms with E-state index in [9.17, 15) is 14.4 Å². The SMILES string of the molecule is COC(=O)CCCCCC(OC(C)=O)C(=O)O. The van der Waals surface area contributed by atoms with Gasteiger partial charge in [-0.1, -0.05) is 6.42 Å². The van der Waals surface area contributed by atoms with Crippen molar-refractivity contribution in [1.82, 2.24) is 0 Å². The smallest absolute Gasteiger partial charge is 0.345 e. The zero-order valence-electron chi connectivity index (χ0n) is 10.1. The first-order chi connectivity index (χ1) is 7.97. The molecular formula is C11H18O6. The molecule has 0 bridgehead atoms. The summed E-state index contributed by atoms with van der Waals surface area (Å²) in [5, 5.41) is 8.75. The molecule has 0 aromatic carbocycles. The van der Waals surface area contributed by atoms with Gasteiger partial charge >= 0.3 is 17.9 Å². The molecule has 0 amide bonds. The summed E-state index contributed by atoms with van der Waals surface area (Å²) in [5.41, 5.74) is 0. The first-order valence-corrected chi connectivity index (χ1v) is 5.44. The molecule has 0 radical (unpaired) electrons. The number of carboxylic acids is 1. The van der Waals surface area contributed by atoms with Crippen molar-refractivity contribution in [1.29, 1.82) is 0 Å². The van der Waals surface area contributed by atoms with Crippen LogP contribution in [0.1, 0.15) is 39.0 Å². The number of hydrogen-bond donors (Lipinski definition) is 1. The van der Waals surface area contributed by atoms with Crippen LogP contribution in [0.2, 0.25) is 0 Å². The first kappa shape index (κ1) is 15.4. The fourth-order valence-electron chi connectivity index (χ4n) is 1.31. The van der Waals surface area contributed by atoms with Crippen LogP contribution in [-0.4, -0.2) is 36.2 Å². The largest absolute Gasteiger partial charge is 0.479 e. The van der Waals surface area contributed by atoms with Gasteiger partial charge in [0.05, 0.1) is 7.11 Å². The number of carbonyl (C=O) groups excluding carboxylic acids is 2. The Labute approximate surface area is 99.9 Å². The van der Waals surface area contributed by atoms with E-state index in [0.29, 0.717) is 25.7 Å². The highest BCUT2D eigenvalue weighted by molar-refractivity contribution is 5.76. The molecule has 1 unspecified atom stereocenters. The lowest BCUT2D eigenvalue weighted by molar-refractivity contribution is -0.163. The second-order valence-electron chi connectivity index (χ2n) is 3.61. The molecule has 0 aliphatic rings. The third-order valence-corrected chi connectivity index (χ3v) is 2.16. The number of ether oxygens (including phenoxy) is 2. The molecule has 98 valence electrons. The maximum Gasteiger partial charge on any atom is 0.345 e. The molecule has 0 spiro atoms. The molecule has 0 aliphatic carbocycles. The highest BCUT2D eigenvalue weighted by Gasteiger charge is 2.19. The molecule has 6 nitrogen and oxygen atoms in total. The molecular weight excluding hydrogens is 228 g/mol. The Hall–Kier alpha value is -1.59. The van der Waals surface area contributed by atoms with E-state index >= 15 is 0 Å². The zero-order chi connectivity index (χ0) is 13.3. The second kappa shape index (κ2) is 8.55. The number of unbranched alkanes of at least 4 members (excludes halogenated alkanes) is 2. The van der Waals surface area contributed by atoms with Gasteiger partial charge in [0, 0.05) is 13.3 Å². The van der Waals surface area contributed by atoms with Crippen molar-refractivity contribution < 1.29 is 29.0 Å². The predicted molar refractivity (Wildman–Crippen MR) is 58.3 cm³/mol. The van der Waals surface area contributed by atoms with Crippen LogP contribution in [0, 0.1) is 0 Å². The van der Waals surface area contributed by atoms with Crippen molar-refractivity contribution in [3.8, 4) is 0 Å². The van der Waals surface area contributed by atoms with Crippen molar-refractivity contribution in [2.45, 2.75) is 45.1 Å². The summed E-state index contributed by atoms with van der Waals surface area (Å²) in [6.07, 6.45) is 1.41. The lowest BCUT2D eigenvalue weighted by atomic mass is 10.1. The van der Waals surface area contributed by atoms with E-state index in [-0.39, 0.29) is 12.4 Å². The van der Waals surface area contributed by atoms with Gasteiger partial charge in [0.1, 0.15) is 0 Å². The Bertz CT molecular complexity index is 273. The van der Waals surface area contributed by atoms with Crippen molar-refractivity contribution in [2.24, 2.45) is 0 Å². The lowest BCUT2D eigenvalue weighted by Gasteiger charge is -2.11. The number of methoxy groups -OCH3 is 1. The van der Waals surface area contributed by atoms with Crippen LogP contribution in [0.25, 0.3) is 0 Å². The summed E-state index contributed by atoms with van der Waals surface area (Å²) < 4.78 is 9.10. The van der Waals surface area contributed by atoms with Gasteiger partial charge in [-0.15, -0.1) is 0 Å². The number of aliphatic carboxylic acids is 1. The molecule has 17 heavy (non-hydrogen) atoms. The number of rotatable bonds is 8. The predicted octanol–water partition coefficient (Wildman–Crippen LogP) is 1.13. The second-order valence-corrected chi connectivity index (χ2v) is 3.61. The molecule has 0 heterocycles. The number of esters is 2. The van der Waals surface area contributed by atoms with Gasteiger partial charge in [0.25, 0.3) is 0 Å². The summed E-state index contributed by atoms with van der Waals surface area (Å²) in [5.74, 6) is -2.03. The molecule has 0 aromatic rings. The van der Waals surface area contributed by atoms with Gasteiger partial charge in [0.15, 0.2) is 6.10 Å². The molecule has 0 aliphatic heterocycles. The number of carboxylic acid groups (broad SMARTS) is 1. The average molecular weight is 246 g/mol. The van der Waals surface area contributed by atoms with Gasteiger partial charge in [-0.25, -0.2) is 4.79 Å². The standard InChI is InChI=1S/C11H18O6/c1-8(12)17-9(11(14)15)6-4-3-5-7-10(13)16-2/h9H,3-7H2,1-2H3,(H,14,15). The van der Waals surface area contributed by atoms with Crippen LogP contribution in [0.15, 0.2) is 0 Å². The minimum atomic E-state index is -1.15. The minimum absolute atomic E-state index is 0.260. The van der Waals surface area contributed by atoms with Gasteiger partial charge in [0.2, 0.25) is 0 Å². The van der Waals surface area contributed by atoms with E-state index in [1.165, 1.54) is 14.0 Å². The van der Waals surface area contributed by atoms with E-state index in [4.69, 9.17) is 5.11 Å². The average Bonchev–Trinajstić information content (AvgIpc) is 2.25. The molecule has 6 heteroatoms. The highest BCUT2D eigenvalue weighted by atomic mass is 16.6. The molecule has 0 saturated heterocycles. The van der Waals surface area contributed by atoms with Gasteiger partial charge in [-0.05, 0) is 19.3 Å². The molecule has 0 aromatic heterocycles. The van der Waals surface area contributed by atoms with Gasteiger partial charge in [-0.2, -0.15) is 0 Å². The Morgan fingerprint density at radius 2 is 1.82 bits per heavy atom. The summed E-state index contributed by atoms with van der Waals surface area (Å²) in [6, 6.07) is 0. The first-order valence-electron chi connectivity index (χ1n) is 5.44. The van der Waals surface area contributed by atoms with Crippen LogP contribution < -0.4 is 0 Å². The highest BCUT2D eigenvalue weighted by Crippen LogP contribution is 2.09. The van der Waals surface area contributed by atoms with Crippen molar-refractivity contribution in [2.75, 3.05) is 7.11 Å². The summed E-state index contributed by atoms with van der Waals surface area (Å²) in [6.45, 7) is 1.17. The third kappa shape index (κ3) is 8.24. The Kier molecular flexibility index (Phi) is 7.75. The van der Waals surface area contributed by atoms with E-state index in [0.717, 1.165) is 0 Å². The van der Waals surface area contributed by atoms with E-state index in [2.05, 4.69) is 9.47 Å². The van der Waals surface area contributed by atoms with Gasteiger partial charge < -0.3 is 14.6 Å². The summed E-state index contributed by atoms with van der Waals surface area (Å²) >= 11 is 0. The molecule has 0 rings (SSSR count). The van der Waals surface area contributed by atoms with Crippen LogP contribution in [-0.2, 0) is 23.9 Å². The minimum Gasteiger partial charge on any atom is -0.479 e. The molecule has 0 fully saturated rings. The molecule has 1 N–H and O–H groups in total. The van der Waals surface area contributed by atoms with Crippen LogP contribution in [0.3, 0.4) is 0 Å². The Balaban J connectivity index is 3.72. The zero-order valence-corrected chi connectivity index (χ0v) is 10.1. The van der Waals surface area contributed by atoms with Crippen LogP contribution >= 0.6 is 0 Å². The quantitative estimate of drug-likeness (QED) is 0.510. The van der Waals surface area contributed by atoms with Gasteiger partial charge in [-0.3, -0.25) is 9.59 Å². The van der Waals surface area contributed by atoms with E-state index in [1.807, 2.05) is 0 Å². The number of carbonyl (C=O) groups is 3. The summed E-state index contributed by atoms with van der Waals surface area (Å²) in [4.78, 5) is 32.1. The van der Waals surface area contributed by atoms with Crippen molar-refractivity contribution in [3.63, 3.8) is 0 Å². The maximum atomic E-state index is 10.8. The Morgan fingerprint density at radius 1 is 1.18 bits per heavy atom. The molecule has 1 atom stereocenters. The van der Waals surface area contributed by atoms with Crippen molar-refractivity contribution in [3.05, 3.63) is 0 Å². The maximum absolute atomic E-state index is 10.8. The fourth-order valence-corrected chi connectivity index (χ4v) is 1.31. The topological polar surface area (TPSA) is 89.9 Å². The van der Waals surface area contributed by atoms with E-state index in [1.54, 1.807) is 0 Å². The fraction of sp³-hybridized carbons (Fsp3) is 0.727. The normalized spacial score (nSPS) is 11.6. The summed E-state index contributed by atoms with van der Waals surface area (Å²) in [7, 11) is 1.32. The van der Waals surface area contributed by atoms with Crippen LogP contribution in [0.5, 0.6) is 0 Å². The lowest BCUT2D eigenvalue weighted by Crippen LogP contribution is -2.25. The van der Waals surface area contributed by atoms with Crippen LogP contribution in [0.4, 0.5) is 0 Å².